The molecule has 0 radical (unpaired) electrons. The Hall–Kier alpha value is -3.83. The number of benzene rings is 2. The zero-order chi connectivity index (χ0) is 28.4. The number of morpholine rings is 1. The van der Waals surface area contributed by atoms with Crippen LogP contribution >= 0.6 is 0 Å². The molecule has 2 aromatic carbocycles. The standard InChI is InChI=1S/C29H33F3N4O4/c30-29(31,32)25-11-4-5-12-26(25)33-28(38)35(14-7-13-34-15-18-39-19-16-34)22-27(37)36(21-24-10-6-17-40-24)20-23-8-2-1-3-9-23/h1-6,8-12,17H,7,13-16,18-22H2,(H,33,38). The zero-order valence-electron chi connectivity index (χ0n) is 22.1. The minimum atomic E-state index is -4.64. The van der Waals surface area contributed by atoms with Gasteiger partial charge >= 0.3 is 12.2 Å². The first kappa shape index (κ1) is 29.2. The van der Waals surface area contributed by atoms with Gasteiger partial charge in [-0.15, -0.1) is 0 Å². The Kier molecular flexibility index (Phi) is 10.2. The molecule has 1 aromatic heterocycles. The van der Waals surface area contributed by atoms with E-state index >= 15 is 0 Å². The van der Waals surface area contributed by atoms with Crippen LogP contribution in [-0.4, -0.2) is 72.6 Å². The Morgan fingerprint density at radius 1 is 0.900 bits per heavy atom. The van der Waals surface area contributed by atoms with E-state index in [-0.39, 0.29) is 37.8 Å². The summed E-state index contributed by atoms with van der Waals surface area (Å²) in [5, 5.41) is 2.39. The third-order valence-corrected chi connectivity index (χ3v) is 6.59. The highest BCUT2D eigenvalue weighted by atomic mass is 19.4. The molecule has 1 aliphatic rings. The van der Waals surface area contributed by atoms with Crippen molar-refractivity contribution in [3.63, 3.8) is 0 Å². The average Bonchev–Trinajstić information content (AvgIpc) is 3.46. The lowest BCUT2D eigenvalue weighted by Crippen LogP contribution is -2.45. The van der Waals surface area contributed by atoms with Gasteiger partial charge in [0.15, 0.2) is 0 Å². The smallest absolute Gasteiger partial charge is 0.418 e. The third kappa shape index (κ3) is 8.59. The normalized spacial score (nSPS) is 14.1. The summed E-state index contributed by atoms with van der Waals surface area (Å²) in [6.07, 6.45) is -2.58. The summed E-state index contributed by atoms with van der Waals surface area (Å²) in [6.45, 7) is 3.77. The molecule has 8 nitrogen and oxygen atoms in total. The minimum Gasteiger partial charge on any atom is -0.467 e. The van der Waals surface area contributed by atoms with Gasteiger partial charge in [-0.25, -0.2) is 4.79 Å². The summed E-state index contributed by atoms with van der Waals surface area (Å²) in [5.74, 6) is 0.220. The van der Waals surface area contributed by atoms with Crippen molar-refractivity contribution in [2.24, 2.45) is 0 Å². The van der Waals surface area contributed by atoms with Crippen molar-refractivity contribution in [1.82, 2.24) is 14.7 Å². The van der Waals surface area contributed by atoms with Crippen molar-refractivity contribution in [2.75, 3.05) is 51.3 Å². The second-order valence-corrected chi connectivity index (χ2v) is 9.52. The Balaban J connectivity index is 1.50. The number of hydrogen-bond donors (Lipinski definition) is 1. The highest BCUT2D eigenvalue weighted by molar-refractivity contribution is 5.93. The summed E-state index contributed by atoms with van der Waals surface area (Å²) >= 11 is 0. The molecule has 3 amide bonds. The lowest BCUT2D eigenvalue weighted by Gasteiger charge is -2.30. The fourth-order valence-electron chi connectivity index (χ4n) is 4.49. The van der Waals surface area contributed by atoms with Crippen LogP contribution in [0.2, 0.25) is 0 Å². The van der Waals surface area contributed by atoms with E-state index in [2.05, 4.69) is 10.2 Å². The lowest BCUT2D eigenvalue weighted by atomic mass is 10.1. The second-order valence-electron chi connectivity index (χ2n) is 9.52. The largest absolute Gasteiger partial charge is 0.467 e. The summed E-state index contributed by atoms with van der Waals surface area (Å²) < 4.78 is 51.5. The number of urea groups is 1. The van der Waals surface area contributed by atoms with Crippen LogP contribution in [0.4, 0.5) is 23.7 Å². The molecule has 1 aliphatic heterocycles. The van der Waals surface area contributed by atoms with Crippen LogP contribution < -0.4 is 5.32 Å². The number of ether oxygens (including phenoxy) is 1. The molecule has 40 heavy (non-hydrogen) atoms. The highest BCUT2D eigenvalue weighted by Gasteiger charge is 2.34. The van der Waals surface area contributed by atoms with Crippen molar-refractivity contribution in [1.29, 1.82) is 0 Å². The predicted octanol–water partition coefficient (Wildman–Crippen LogP) is 5.08. The van der Waals surface area contributed by atoms with Gasteiger partial charge in [-0.3, -0.25) is 9.69 Å². The topological polar surface area (TPSA) is 78.3 Å². The van der Waals surface area contributed by atoms with Gasteiger partial charge in [0.05, 0.1) is 37.3 Å². The zero-order valence-corrected chi connectivity index (χ0v) is 22.1. The SMILES string of the molecule is O=C(CN(CCCN1CCOCC1)C(=O)Nc1ccccc1C(F)(F)F)N(Cc1ccccc1)Cc1ccco1. The number of nitrogens with zero attached hydrogens (tertiary/aromatic N) is 3. The first-order chi connectivity index (χ1) is 19.3. The number of anilines is 1. The van der Waals surface area contributed by atoms with Gasteiger partial charge in [-0.05, 0) is 36.2 Å². The monoisotopic (exact) mass is 558 g/mol. The lowest BCUT2D eigenvalue weighted by molar-refractivity contribution is -0.137. The van der Waals surface area contributed by atoms with Crippen LogP contribution in [-0.2, 0) is 28.8 Å². The Bertz CT molecular complexity index is 1220. The first-order valence-electron chi connectivity index (χ1n) is 13.2. The number of nitrogens with one attached hydrogen (secondary N) is 1. The van der Waals surface area contributed by atoms with E-state index in [9.17, 15) is 22.8 Å². The number of para-hydroxylation sites is 1. The molecular weight excluding hydrogens is 525 g/mol. The van der Waals surface area contributed by atoms with E-state index in [4.69, 9.17) is 9.15 Å². The fourth-order valence-corrected chi connectivity index (χ4v) is 4.49. The van der Waals surface area contributed by atoms with Gasteiger partial charge in [0.25, 0.3) is 0 Å². The van der Waals surface area contributed by atoms with Crippen LogP contribution in [0.15, 0.2) is 77.4 Å². The highest BCUT2D eigenvalue weighted by Crippen LogP contribution is 2.34. The molecule has 1 N–H and O–H groups in total. The van der Waals surface area contributed by atoms with E-state index < -0.39 is 17.8 Å². The van der Waals surface area contributed by atoms with Crippen molar-refractivity contribution in [3.05, 3.63) is 89.9 Å². The van der Waals surface area contributed by atoms with E-state index in [1.54, 1.807) is 17.0 Å². The number of amides is 3. The summed E-state index contributed by atoms with van der Waals surface area (Å²) in [7, 11) is 0. The van der Waals surface area contributed by atoms with Gasteiger partial charge in [0, 0.05) is 32.7 Å². The Morgan fingerprint density at radius 2 is 1.62 bits per heavy atom. The molecule has 0 spiro atoms. The number of carbonyl (C=O) groups is 2. The fraction of sp³-hybridized carbons (Fsp3) is 0.379. The molecule has 2 heterocycles. The number of halogens is 3. The maximum absolute atomic E-state index is 13.6. The molecule has 1 saturated heterocycles. The Morgan fingerprint density at radius 3 is 2.33 bits per heavy atom. The van der Waals surface area contributed by atoms with Crippen LogP contribution in [0.1, 0.15) is 23.3 Å². The number of alkyl halides is 3. The van der Waals surface area contributed by atoms with Gasteiger partial charge in [-0.1, -0.05) is 42.5 Å². The van der Waals surface area contributed by atoms with Crippen LogP contribution in [0.25, 0.3) is 0 Å². The van der Waals surface area contributed by atoms with Gasteiger partial charge in [0.2, 0.25) is 5.91 Å². The second kappa shape index (κ2) is 14.0. The summed E-state index contributed by atoms with van der Waals surface area (Å²) in [5.41, 5.74) is -0.418. The van der Waals surface area contributed by atoms with Crippen LogP contribution in [0.3, 0.4) is 0 Å². The van der Waals surface area contributed by atoms with E-state index in [0.29, 0.717) is 31.9 Å². The van der Waals surface area contributed by atoms with Gasteiger partial charge < -0.3 is 24.3 Å². The molecule has 0 unspecified atom stereocenters. The molecule has 3 aromatic rings. The minimum absolute atomic E-state index is 0.181. The molecule has 1 fully saturated rings. The quantitative estimate of drug-likeness (QED) is 0.355. The van der Waals surface area contributed by atoms with Crippen molar-refractivity contribution in [2.45, 2.75) is 25.7 Å². The van der Waals surface area contributed by atoms with Crippen LogP contribution in [0.5, 0.6) is 0 Å². The van der Waals surface area contributed by atoms with E-state index in [0.717, 1.165) is 24.7 Å². The predicted molar refractivity (Wildman–Crippen MR) is 143 cm³/mol. The molecule has 0 saturated carbocycles. The maximum atomic E-state index is 13.6. The molecule has 214 valence electrons. The van der Waals surface area contributed by atoms with E-state index in [1.165, 1.54) is 29.4 Å². The van der Waals surface area contributed by atoms with Crippen molar-refractivity contribution >= 4 is 17.6 Å². The van der Waals surface area contributed by atoms with E-state index in [1.807, 2.05) is 30.3 Å². The number of rotatable bonds is 11. The van der Waals surface area contributed by atoms with Crippen molar-refractivity contribution < 1.29 is 31.9 Å². The number of hydrogen-bond acceptors (Lipinski definition) is 5. The van der Waals surface area contributed by atoms with Crippen LogP contribution in [0, 0.1) is 0 Å². The van der Waals surface area contributed by atoms with Crippen molar-refractivity contribution in [3.8, 4) is 0 Å². The molecule has 11 heteroatoms. The average molecular weight is 559 g/mol. The number of furan rings is 1. The molecule has 0 aliphatic carbocycles. The molecule has 0 bridgehead atoms. The Labute approximate surface area is 231 Å². The first-order valence-corrected chi connectivity index (χ1v) is 13.2. The van der Waals surface area contributed by atoms with Gasteiger partial charge in [-0.2, -0.15) is 13.2 Å². The third-order valence-electron chi connectivity index (χ3n) is 6.59. The molecule has 4 rings (SSSR count). The summed E-state index contributed by atoms with van der Waals surface area (Å²) in [4.78, 5) is 32.0. The van der Waals surface area contributed by atoms with Gasteiger partial charge in [0.1, 0.15) is 12.3 Å². The maximum Gasteiger partial charge on any atom is 0.418 e. The summed E-state index contributed by atoms with van der Waals surface area (Å²) in [6, 6.07) is 16.9. The molecule has 0 atom stereocenters. The number of carbonyl (C=O) groups excluding carboxylic acids is 2. The molecular formula is C29H33F3N4O4.